The van der Waals surface area contributed by atoms with Gasteiger partial charge in [-0.25, -0.2) is 4.98 Å². The lowest BCUT2D eigenvalue weighted by Crippen LogP contribution is -3.11. The van der Waals surface area contributed by atoms with Crippen LogP contribution in [0.25, 0.3) is 10.2 Å². The molecule has 0 radical (unpaired) electrons. The molecular formula is C21H24N3OS+. The van der Waals surface area contributed by atoms with Crippen molar-refractivity contribution in [2.75, 3.05) is 18.4 Å². The molecule has 4 rings (SSSR count). The van der Waals surface area contributed by atoms with E-state index in [1.165, 1.54) is 20.7 Å². The van der Waals surface area contributed by atoms with Crippen LogP contribution in [0, 0.1) is 13.8 Å². The molecule has 2 atom stereocenters. The number of hydrogen-bond acceptors (Lipinski definition) is 3. The number of nitrogens with one attached hydrogen (secondary N) is 2. The standard InChI is InChI=1S/C21H23N3OS/c1-14-10-15(2)12-16(11-14)22-20(25)13-24-9-5-7-18(24)21-23-17-6-3-4-8-19(17)26-21/h3-4,6,8,10-12,18H,5,7,9,13H2,1-2H3,(H,22,25)/p+1/t18-/m0/s1. The number of likely N-dealkylation sites (tertiary alicyclic amines) is 1. The average molecular weight is 367 g/mol. The second kappa shape index (κ2) is 7.17. The second-order valence-corrected chi connectivity index (χ2v) is 8.29. The molecular weight excluding hydrogens is 342 g/mol. The van der Waals surface area contributed by atoms with Crippen molar-refractivity contribution in [3.8, 4) is 0 Å². The predicted octanol–water partition coefficient (Wildman–Crippen LogP) is 3.27. The van der Waals surface area contributed by atoms with Crippen molar-refractivity contribution in [2.45, 2.75) is 32.7 Å². The molecule has 3 aromatic rings. The highest BCUT2D eigenvalue weighted by Gasteiger charge is 2.34. The Bertz CT molecular complexity index is 896. The molecule has 2 heterocycles. The van der Waals surface area contributed by atoms with Gasteiger partial charge in [0.25, 0.3) is 5.91 Å². The van der Waals surface area contributed by atoms with E-state index in [-0.39, 0.29) is 5.91 Å². The van der Waals surface area contributed by atoms with E-state index < -0.39 is 0 Å². The Morgan fingerprint density at radius 2 is 2.00 bits per heavy atom. The number of amides is 1. The molecule has 134 valence electrons. The third-order valence-corrected chi connectivity index (χ3v) is 6.14. The maximum atomic E-state index is 12.6. The zero-order valence-corrected chi connectivity index (χ0v) is 16.0. The van der Waals surface area contributed by atoms with Crippen molar-refractivity contribution >= 4 is 33.1 Å². The van der Waals surface area contributed by atoms with Gasteiger partial charge in [-0.2, -0.15) is 0 Å². The lowest BCUT2D eigenvalue weighted by molar-refractivity contribution is -0.910. The molecule has 4 nitrogen and oxygen atoms in total. The average Bonchev–Trinajstić information content (AvgIpc) is 3.19. The number of carbonyl (C=O) groups excluding carboxylic acids is 1. The minimum absolute atomic E-state index is 0.0815. The fourth-order valence-electron chi connectivity index (χ4n) is 3.92. The predicted molar refractivity (Wildman–Crippen MR) is 107 cm³/mol. The van der Waals surface area contributed by atoms with Crippen molar-refractivity contribution in [1.29, 1.82) is 0 Å². The summed E-state index contributed by atoms with van der Waals surface area (Å²) in [6.07, 6.45) is 2.25. The van der Waals surface area contributed by atoms with Gasteiger partial charge in [0.15, 0.2) is 11.6 Å². The second-order valence-electron chi connectivity index (χ2n) is 7.22. The Hall–Kier alpha value is -2.24. The van der Waals surface area contributed by atoms with E-state index in [1.807, 2.05) is 18.2 Å². The number of hydrogen-bond donors (Lipinski definition) is 2. The first-order chi connectivity index (χ1) is 12.6. The van der Waals surface area contributed by atoms with Crippen molar-refractivity contribution in [2.24, 2.45) is 0 Å². The zero-order valence-electron chi connectivity index (χ0n) is 15.2. The normalized spacial score (nSPS) is 19.8. The van der Waals surface area contributed by atoms with E-state index in [0.717, 1.165) is 35.6 Å². The van der Waals surface area contributed by atoms with Gasteiger partial charge in [0.1, 0.15) is 6.04 Å². The molecule has 5 heteroatoms. The maximum absolute atomic E-state index is 12.6. The van der Waals surface area contributed by atoms with Crippen LogP contribution in [0.5, 0.6) is 0 Å². The number of aromatic nitrogens is 1. The van der Waals surface area contributed by atoms with E-state index in [1.54, 1.807) is 11.3 Å². The topological polar surface area (TPSA) is 46.4 Å². The lowest BCUT2D eigenvalue weighted by atomic mass is 10.1. The first-order valence-corrected chi connectivity index (χ1v) is 9.98. The Balaban J connectivity index is 1.47. The number of para-hydroxylation sites is 1. The fraction of sp³-hybridized carbons (Fsp3) is 0.333. The van der Waals surface area contributed by atoms with E-state index in [9.17, 15) is 4.79 Å². The Morgan fingerprint density at radius 3 is 2.77 bits per heavy atom. The third-order valence-electron chi connectivity index (χ3n) is 4.99. The molecule has 1 aliphatic rings. The SMILES string of the molecule is Cc1cc(C)cc(NC(=O)C[NH+]2CCC[C@H]2c2nc3ccccc3s2)c1. The van der Waals surface area contributed by atoms with Gasteiger partial charge < -0.3 is 10.2 Å². The summed E-state index contributed by atoms with van der Waals surface area (Å²) in [5.74, 6) is 0.0815. The van der Waals surface area contributed by atoms with E-state index in [2.05, 4.69) is 43.4 Å². The Kier molecular flexibility index (Phi) is 4.74. The molecule has 1 aliphatic heterocycles. The molecule has 1 aromatic heterocycles. The Morgan fingerprint density at radius 1 is 1.23 bits per heavy atom. The molecule has 2 aromatic carbocycles. The van der Waals surface area contributed by atoms with Crippen molar-refractivity contribution in [3.63, 3.8) is 0 Å². The first-order valence-electron chi connectivity index (χ1n) is 9.17. The molecule has 26 heavy (non-hydrogen) atoms. The van der Waals surface area contributed by atoms with E-state index >= 15 is 0 Å². The number of carbonyl (C=O) groups is 1. The van der Waals surface area contributed by atoms with Crippen LogP contribution in [0.3, 0.4) is 0 Å². The van der Waals surface area contributed by atoms with Crippen LogP contribution in [0.2, 0.25) is 0 Å². The molecule has 0 aliphatic carbocycles. The number of fused-ring (bicyclic) bond motifs is 1. The van der Waals surface area contributed by atoms with Gasteiger partial charge in [-0.3, -0.25) is 4.79 Å². The summed E-state index contributed by atoms with van der Waals surface area (Å²) >= 11 is 1.77. The van der Waals surface area contributed by atoms with E-state index in [4.69, 9.17) is 4.98 Å². The summed E-state index contributed by atoms with van der Waals surface area (Å²) in [7, 11) is 0. The van der Waals surface area contributed by atoms with Crippen LogP contribution in [0.4, 0.5) is 5.69 Å². The summed E-state index contributed by atoms with van der Waals surface area (Å²) in [5, 5.41) is 4.24. The molecule has 2 N–H and O–H groups in total. The Labute approximate surface area is 157 Å². The monoisotopic (exact) mass is 366 g/mol. The van der Waals surface area contributed by atoms with Crippen LogP contribution in [-0.2, 0) is 4.79 Å². The van der Waals surface area contributed by atoms with Crippen LogP contribution < -0.4 is 10.2 Å². The largest absolute Gasteiger partial charge is 0.321 e. The highest BCUT2D eigenvalue weighted by molar-refractivity contribution is 7.18. The quantitative estimate of drug-likeness (QED) is 0.744. The summed E-state index contributed by atoms with van der Waals surface area (Å²) in [5.41, 5.74) is 4.29. The van der Waals surface area contributed by atoms with Crippen molar-refractivity contribution < 1.29 is 9.69 Å². The highest BCUT2D eigenvalue weighted by atomic mass is 32.1. The van der Waals surface area contributed by atoms with Crippen LogP contribution in [0.15, 0.2) is 42.5 Å². The molecule has 1 amide bonds. The number of anilines is 1. The van der Waals surface area contributed by atoms with Gasteiger partial charge >= 0.3 is 0 Å². The van der Waals surface area contributed by atoms with Gasteiger partial charge in [0.2, 0.25) is 0 Å². The number of benzene rings is 2. The number of quaternary nitrogens is 1. The molecule has 1 saturated heterocycles. The number of nitrogens with zero attached hydrogens (tertiary/aromatic N) is 1. The minimum atomic E-state index is 0.0815. The van der Waals surface area contributed by atoms with Gasteiger partial charge in [0, 0.05) is 18.5 Å². The molecule has 1 fully saturated rings. The van der Waals surface area contributed by atoms with Gasteiger partial charge in [-0.15, -0.1) is 11.3 Å². The summed E-state index contributed by atoms with van der Waals surface area (Å²) in [6.45, 7) is 5.63. The van der Waals surface area contributed by atoms with Crippen LogP contribution >= 0.6 is 11.3 Å². The summed E-state index contributed by atoms with van der Waals surface area (Å²) in [4.78, 5) is 18.7. The third kappa shape index (κ3) is 3.64. The molecule has 1 unspecified atom stereocenters. The molecule has 0 spiro atoms. The minimum Gasteiger partial charge on any atom is -0.321 e. The van der Waals surface area contributed by atoms with Crippen LogP contribution in [0.1, 0.15) is 35.0 Å². The molecule has 0 saturated carbocycles. The summed E-state index contributed by atoms with van der Waals surface area (Å²) in [6, 6.07) is 14.8. The first kappa shape index (κ1) is 17.2. The number of aryl methyl sites for hydroxylation is 2. The number of thiazole rings is 1. The van der Waals surface area contributed by atoms with Gasteiger partial charge in [-0.05, 0) is 49.2 Å². The lowest BCUT2D eigenvalue weighted by Gasteiger charge is -2.19. The smallest absolute Gasteiger partial charge is 0.279 e. The zero-order chi connectivity index (χ0) is 18.1. The number of rotatable bonds is 4. The maximum Gasteiger partial charge on any atom is 0.279 e. The fourth-order valence-corrected chi connectivity index (χ4v) is 5.08. The summed E-state index contributed by atoms with van der Waals surface area (Å²) < 4.78 is 1.23. The van der Waals surface area contributed by atoms with Crippen molar-refractivity contribution in [1.82, 2.24) is 4.98 Å². The van der Waals surface area contributed by atoms with Crippen LogP contribution in [-0.4, -0.2) is 24.0 Å². The van der Waals surface area contributed by atoms with E-state index in [0.29, 0.717) is 12.6 Å². The van der Waals surface area contributed by atoms with Gasteiger partial charge in [0.05, 0.1) is 16.8 Å². The van der Waals surface area contributed by atoms with Gasteiger partial charge in [-0.1, -0.05) is 18.2 Å². The molecule has 0 bridgehead atoms. The highest BCUT2D eigenvalue weighted by Crippen LogP contribution is 2.28. The van der Waals surface area contributed by atoms with Crippen molar-refractivity contribution in [3.05, 3.63) is 58.6 Å².